The van der Waals surface area contributed by atoms with Crippen LogP contribution in [0.1, 0.15) is 45.0 Å². The number of nitrogens with zero attached hydrogens (tertiary/aromatic N) is 2. The standard InChI is InChI=1S/C13H22N2O/c1-5-10(3)7-8-12-9-14-13(16-6-2)11(4)15-12/h9-10H,5-8H2,1-4H3/t10-/m1/s1. The third-order valence-corrected chi connectivity index (χ3v) is 2.82. The predicted octanol–water partition coefficient (Wildman–Crippen LogP) is 3.16. The van der Waals surface area contributed by atoms with Gasteiger partial charge in [-0.3, -0.25) is 4.98 Å². The molecule has 0 N–H and O–H groups in total. The van der Waals surface area contributed by atoms with Gasteiger partial charge in [0.25, 0.3) is 0 Å². The van der Waals surface area contributed by atoms with E-state index in [-0.39, 0.29) is 0 Å². The molecular weight excluding hydrogens is 200 g/mol. The van der Waals surface area contributed by atoms with E-state index in [1.54, 1.807) is 0 Å². The van der Waals surface area contributed by atoms with Crippen molar-refractivity contribution in [2.24, 2.45) is 5.92 Å². The SMILES string of the molecule is CCOc1ncc(CC[C@H](C)CC)nc1C. The van der Waals surface area contributed by atoms with Crippen molar-refractivity contribution < 1.29 is 4.74 Å². The van der Waals surface area contributed by atoms with Crippen molar-refractivity contribution in [1.82, 2.24) is 9.97 Å². The molecule has 0 aliphatic rings. The molecule has 3 heteroatoms. The van der Waals surface area contributed by atoms with Crippen LogP contribution in [0.2, 0.25) is 0 Å². The Hall–Kier alpha value is -1.12. The van der Waals surface area contributed by atoms with Crippen LogP contribution in [0.5, 0.6) is 5.88 Å². The van der Waals surface area contributed by atoms with E-state index in [4.69, 9.17) is 4.74 Å². The molecule has 0 unspecified atom stereocenters. The first kappa shape index (κ1) is 12.9. The summed E-state index contributed by atoms with van der Waals surface area (Å²) in [4.78, 5) is 8.80. The highest BCUT2D eigenvalue weighted by Crippen LogP contribution is 2.15. The first-order chi connectivity index (χ1) is 7.67. The van der Waals surface area contributed by atoms with Gasteiger partial charge in [0.2, 0.25) is 5.88 Å². The van der Waals surface area contributed by atoms with Crippen molar-refractivity contribution in [3.8, 4) is 5.88 Å². The molecule has 1 aromatic heterocycles. The normalized spacial score (nSPS) is 12.5. The molecule has 3 nitrogen and oxygen atoms in total. The summed E-state index contributed by atoms with van der Waals surface area (Å²) in [5.74, 6) is 1.42. The molecule has 1 heterocycles. The second-order valence-corrected chi connectivity index (χ2v) is 4.24. The first-order valence-corrected chi connectivity index (χ1v) is 6.12. The lowest BCUT2D eigenvalue weighted by Gasteiger charge is -2.09. The molecule has 0 aliphatic heterocycles. The van der Waals surface area contributed by atoms with E-state index in [9.17, 15) is 0 Å². The van der Waals surface area contributed by atoms with E-state index in [0.29, 0.717) is 12.5 Å². The molecule has 16 heavy (non-hydrogen) atoms. The van der Waals surface area contributed by atoms with E-state index >= 15 is 0 Å². The second-order valence-electron chi connectivity index (χ2n) is 4.24. The maximum atomic E-state index is 5.36. The van der Waals surface area contributed by atoms with Crippen LogP contribution in [0.4, 0.5) is 0 Å². The summed E-state index contributed by atoms with van der Waals surface area (Å²) in [6, 6.07) is 0. The zero-order chi connectivity index (χ0) is 12.0. The molecule has 0 saturated carbocycles. The highest BCUT2D eigenvalue weighted by Gasteiger charge is 2.05. The third-order valence-electron chi connectivity index (χ3n) is 2.82. The molecule has 1 aromatic rings. The summed E-state index contributed by atoms with van der Waals surface area (Å²) in [5.41, 5.74) is 1.96. The average Bonchev–Trinajstić information content (AvgIpc) is 2.29. The lowest BCUT2D eigenvalue weighted by atomic mass is 10.0. The summed E-state index contributed by atoms with van der Waals surface area (Å²) in [5, 5.41) is 0. The zero-order valence-corrected chi connectivity index (χ0v) is 10.8. The summed E-state index contributed by atoms with van der Waals surface area (Å²) >= 11 is 0. The Labute approximate surface area is 98.3 Å². The topological polar surface area (TPSA) is 35.0 Å². The Kier molecular flexibility index (Phi) is 5.23. The van der Waals surface area contributed by atoms with Gasteiger partial charge in [0, 0.05) is 0 Å². The number of hydrogen-bond acceptors (Lipinski definition) is 3. The molecule has 1 rings (SSSR count). The Bertz CT molecular complexity index is 326. The van der Waals surface area contributed by atoms with Crippen LogP contribution in [-0.2, 0) is 6.42 Å². The van der Waals surface area contributed by atoms with Crippen molar-refractivity contribution in [3.05, 3.63) is 17.6 Å². The monoisotopic (exact) mass is 222 g/mol. The molecule has 0 saturated heterocycles. The maximum absolute atomic E-state index is 5.36. The molecule has 0 aliphatic carbocycles. The number of aromatic nitrogens is 2. The summed E-state index contributed by atoms with van der Waals surface area (Å²) in [7, 11) is 0. The maximum Gasteiger partial charge on any atom is 0.235 e. The van der Waals surface area contributed by atoms with E-state index in [1.165, 1.54) is 12.8 Å². The minimum absolute atomic E-state index is 0.641. The minimum atomic E-state index is 0.641. The van der Waals surface area contributed by atoms with Crippen molar-refractivity contribution in [3.63, 3.8) is 0 Å². The molecule has 0 spiro atoms. The van der Waals surface area contributed by atoms with Crippen LogP contribution in [-0.4, -0.2) is 16.6 Å². The third kappa shape index (κ3) is 3.80. The van der Waals surface area contributed by atoms with E-state index < -0.39 is 0 Å². The van der Waals surface area contributed by atoms with Gasteiger partial charge in [-0.25, -0.2) is 4.98 Å². The fraction of sp³-hybridized carbons (Fsp3) is 0.692. The fourth-order valence-corrected chi connectivity index (χ4v) is 1.52. The van der Waals surface area contributed by atoms with Crippen LogP contribution in [0, 0.1) is 12.8 Å². The number of rotatable bonds is 6. The number of ether oxygens (including phenoxy) is 1. The molecule has 0 amide bonds. The Morgan fingerprint density at radius 3 is 2.69 bits per heavy atom. The highest BCUT2D eigenvalue weighted by molar-refractivity contribution is 5.18. The Morgan fingerprint density at radius 2 is 2.12 bits per heavy atom. The largest absolute Gasteiger partial charge is 0.477 e. The molecule has 0 aromatic carbocycles. The van der Waals surface area contributed by atoms with Crippen LogP contribution in [0.3, 0.4) is 0 Å². The molecular formula is C13H22N2O. The Balaban J connectivity index is 2.59. The minimum Gasteiger partial charge on any atom is -0.477 e. The van der Waals surface area contributed by atoms with Gasteiger partial charge in [0.05, 0.1) is 24.2 Å². The average molecular weight is 222 g/mol. The molecule has 0 fully saturated rings. The van der Waals surface area contributed by atoms with Crippen LogP contribution >= 0.6 is 0 Å². The predicted molar refractivity (Wildman–Crippen MR) is 65.7 cm³/mol. The van der Waals surface area contributed by atoms with Gasteiger partial charge in [0.1, 0.15) is 0 Å². The zero-order valence-electron chi connectivity index (χ0n) is 10.8. The smallest absolute Gasteiger partial charge is 0.235 e. The van der Waals surface area contributed by atoms with Gasteiger partial charge in [-0.2, -0.15) is 0 Å². The number of hydrogen-bond donors (Lipinski definition) is 0. The first-order valence-electron chi connectivity index (χ1n) is 6.12. The lowest BCUT2D eigenvalue weighted by molar-refractivity contribution is 0.321. The number of aryl methyl sites for hydroxylation is 2. The second kappa shape index (κ2) is 6.46. The van der Waals surface area contributed by atoms with Crippen molar-refractivity contribution in [1.29, 1.82) is 0 Å². The van der Waals surface area contributed by atoms with Crippen molar-refractivity contribution in [2.75, 3.05) is 6.61 Å². The van der Waals surface area contributed by atoms with Crippen molar-refractivity contribution in [2.45, 2.75) is 47.0 Å². The van der Waals surface area contributed by atoms with Gasteiger partial charge < -0.3 is 4.74 Å². The Morgan fingerprint density at radius 1 is 1.38 bits per heavy atom. The van der Waals surface area contributed by atoms with E-state index in [2.05, 4.69) is 23.8 Å². The summed E-state index contributed by atoms with van der Waals surface area (Å²) in [6.07, 6.45) is 5.25. The van der Waals surface area contributed by atoms with E-state index in [0.717, 1.165) is 23.7 Å². The lowest BCUT2D eigenvalue weighted by Crippen LogP contribution is -2.03. The van der Waals surface area contributed by atoms with Crippen molar-refractivity contribution >= 4 is 0 Å². The summed E-state index contributed by atoms with van der Waals surface area (Å²) < 4.78 is 5.36. The summed E-state index contributed by atoms with van der Waals surface area (Å²) in [6.45, 7) is 9.04. The van der Waals surface area contributed by atoms with Gasteiger partial charge in [-0.05, 0) is 32.6 Å². The van der Waals surface area contributed by atoms with Gasteiger partial charge in [0.15, 0.2) is 0 Å². The molecule has 0 bridgehead atoms. The van der Waals surface area contributed by atoms with Crippen LogP contribution in [0.25, 0.3) is 0 Å². The quantitative estimate of drug-likeness (QED) is 0.741. The molecule has 1 atom stereocenters. The molecule has 90 valence electrons. The van der Waals surface area contributed by atoms with E-state index in [1.807, 2.05) is 20.0 Å². The molecule has 0 radical (unpaired) electrons. The highest BCUT2D eigenvalue weighted by atomic mass is 16.5. The van der Waals surface area contributed by atoms with Crippen LogP contribution in [0.15, 0.2) is 6.20 Å². The fourth-order valence-electron chi connectivity index (χ4n) is 1.52. The van der Waals surface area contributed by atoms with Crippen LogP contribution < -0.4 is 4.74 Å². The van der Waals surface area contributed by atoms with Gasteiger partial charge >= 0.3 is 0 Å². The van der Waals surface area contributed by atoms with Gasteiger partial charge in [-0.1, -0.05) is 20.3 Å². The van der Waals surface area contributed by atoms with Gasteiger partial charge in [-0.15, -0.1) is 0 Å².